The van der Waals surface area contributed by atoms with Crippen molar-refractivity contribution in [2.45, 2.75) is 46.1 Å². The number of rotatable bonds is 4. The zero-order valence-corrected chi connectivity index (χ0v) is 11.9. The maximum atomic E-state index is 12.3. The molecule has 0 aliphatic heterocycles. The lowest BCUT2D eigenvalue weighted by atomic mass is 9.85. The molecule has 5 heteroatoms. The highest BCUT2D eigenvalue weighted by Gasteiger charge is 2.39. The van der Waals surface area contributed by atoms with Crippen LogP contribution >= 0.6 is 11.3 Å². The van der Waals surface area contributed by atoms with Gasteiger partial charge in [0.2, 0.25) is 5.91 Å². The second kappa shape index (κ2) is 5.36. The van der Waals surface area contributed by atoms with Crippen molar-refractivity contribution in [3.05, 3.63) is 15.6 Å². The zero-order chi connectivity index (χ0) is 13.2. The van der Waals surface area contributed by atoms with E-state index in [9.17, 15) is 4.79 Å². The number of nitrogens with one attached hydrogen (secondary N) is 1. The van der Waals surface area contributed by atoms with Gasteiger partial charge in [-0.1, -0.05) is 12.8 Å². The fourth-order valence-electron chi connectivity index (χ4n) is 2.66. The first-order valence-corrected chi connectivity index (χ1v) is 7.30. The molecule has 0 radical (unpaired) electrons. The summed E-state index contributed by atoms with van der Waals surface area (Å²) in [6, 6.07) is 0. The van der Waals surface area contributed by atoms with Crippen LogP contribution in [0.1, 0.15) is 41.3 Å². The van der Waals surface area contributed by atoms with Crippen LogP contribution in [-0.4, -0.2) is 17.4 Å². The summed E-state index contributed by atoms with van der Waals surface area (Å²) in [5.41, 5.74) is 6.51. The standard InChI is InChI=1S/C13H21N3OS/c1-9-11(18-10(2)16-9)7-15-12(17)13(8-14)5-3-4-6-13/h3-8,14H2,1-2H3,(H,15,17). The summed E-state index contributed by atoms with van der Waals surface area (Å²) >= 11 is 1.65. The van der Waals surface area contributed by atoms with Crippen LogP contribution in [0.25, 0.3) is 0 Å². The van der Waals surface area contributed by atoms with E-state index >= 15 is 0 Å². The Morgan fingerprint density at radius 2 is 2.11 bits per heavy atom. The zero-order valence-electron chi connectivity index (χ0n) is 11.1. The van der Waals surface area contributed by atoms with E-state index in [0.29, 0.717) is 13.1 Å². The van der Waals surface area contributed by atoms with Crippen LogP contribution in [-0.2, 0) is 11.3 Å². The Kier molecular flexibility index (Phi) is 4.02. The molecule has 0 unspecified atom stereocenters. The van der Waals surface area contributed by atoms with Gasteiger partial charge in [0.1, 0.15) is 0 Å². The number of nitrogens with two attached hydrogens (primary N) is 1. The van der Waals surface area contributed by atoms with Gasteiger partial charge in [-0.25, -0.2) is 4.98 Å². The second-order valence-electron chi connectivity index (χ2n) is 5.12. The monoisotopic (exact) mass is 267 g/mol. The number of aryl methyl sites for hydroxylation is 2. The van der Waals surface area contributed by atoms with Gasteiger partial charge in [0.25, 0.3) is 0 Å². The van der Waals surface area contributed by atoms with Crippen LogP contribution in [0, 0.1) is 19.3 Å². The summed E-state index contributed by atoms with van der Waals surface area (Å²) < 4.78 is 0. The molecule has 100 valence electrons. The molecule has 0 aromatic carbocycles. The summed E-state index contributed by atoms with van der Waals surface area (Å²) in [7, 11) is 0. The number of carbonyl (C=O) groups excluding carboxylic acids is 1. The molecule has 0 saturated heterocycles. The van der Waals surface area contributed by atoms with Gasteiger partial charge in [-0.3, -0.25) is 4.79 Å². The maximum Gasteiger partial charge on any atom is 0.227 e. The van der Waals surface area contributed by atoms with Gasteiger partial charge in [-0.05, 0) is 26.7 Å². The van der Waals surface area contributed by atoms with E-state index in [1.165, 1.54) is 0 Å². The summed E-state index contributed by atoms with van der Waals surface area (Å²) in [5, 5.41) is 4.09. The van der Waals surface area contributed by atoms with Gasteiger partial charge < -0.3 is 11.1 Å². The second-order valence-corrected chi connectivity index (χ2v) is 6.40. The summed E-state index contributed by atoms with van der Waals surface area (Å²) in [4.78, 5) is 17.8. The minimum atomic E-state index is -0.312. The minimum Gasteiger partial charge on any atom is -0.351 e. The van der Waals surface area contributed by atoms with E-state index in [2.05, 4.69) is 10.3 Å². The highest BCUT2D eigenvalue weighted by Crippen LogP contribution is 2.37. The number of hydrogen-bond acceptors (Lipinski definition) is 4. The molecule has 2 rings (SSSR count). The Hall–Kier alpha value is -0.940. The number of hydrogen-bond donors (Lipinski definition) is 2. The van der Waals surface area contributed by atoms with Crippen LogP contribution in [0.2, 0.25) is 0 Å². The van der Waals surface area contributed by atoms with E-state index in [4.69, 9.17) is 5.73 Å². The molecular formula is C13H21N3OS. The molecule has 1 amide bonds. The maximum absolute atomic E-state index is 12.3. The van der Waals surface area contributed by atoms with E-state index in [0.717, 1.165) is 41.3 Å². The topological polar surface area (TPSA) is 68.0 Å². The molecule has 1 fully saturated rings. The van der Waals surface area contributed by atoms with Crippen molar-refractivity contribution in [2.24, 2.45) is 11.1 Å². The Balaban J connectivity index is 1.97. The lowest BCUT2D eigenvalue weighted by Crippen LogP contribution is -2.43. The lowest BCUT2D eigenvalue weighted by Gasteiger charge is -2.25. The molecule has 1 aliphatic rings. The van der Waals surface area contributed by atoms with Crippen molar-refractivity contribution in [1.82, 2.24) is 10.3 Å². The Morgan fingerprint density at radius 1 is 1.44 bits per heavy atom. The van der Waals surface area contributed by atoms with E-state index in [-0.39, 0.29) is 11.3 Å². The van der Waals surface area contributed by atoms with E-state index in [1.807, 2.05) is 13.8 Å². The summed E-state index contributed by atoms with van der Waals surface area (Å²) in [6.07, 6.45) is 4.08. The third kappa shape index (κ3) is 2.57. The molecule has 18 heavy (non-hydrogen) atoms. The fourth-order valence-corrected chi connectivity index (χ4v) is 3.54. The molecule has 3 N–H and O–H groups in total. The number of nitrogens with zero attached hydrogens (tertiary/aromatic N) is 1. The number of amides is 1. The first kappa shape index (κ1) is 13.5. The molecular weight excluding hydrogens is 246 g/mol. The lowest BCUT2D eigenvalue weighted by molar-refractivity contribution is -0.130. The first-order valence-electron chi connectivity index (χ1n) is 6.49. The van der Waals surface area contributed by atoms with Crippen LogP contribution in [0.3, 0.4) is 0 Å². The van der Waals surface area contributed by atoms with Crippen molar-refractivity contribution in [1.29, 1.82) is 0 Å². The predicted molar refractivity (Wildman–Crippen MR) is 73.4 cm³/mol. The third-order valence-electron chi connectivity index (χ3n) is 3.84. The molecule has 0 atom stereocenters. The van der Waals surface area contributed by atoms with Crippen LogP contribution in [0.5, 0.6) is 0 Å². The fraction of sp³-hybridized carbons (Fsp3) is 0.692. The Labute approximate surface area is 112 Å². The smallest absolute Gasteiger partial charge is 0.227 e. The Bertz CT molecular complexity index is 435. The van der Waals surface area contributed by atoms with Gasteiger partial charge in [-0.15, -0.1) is 11.3 Å². The van der Waals surface area contributed by atoms with Crippen molar-refractivity contribution in [3.63, 3.8) is 0 Å². The SMILES string of the molecule is Cc1nc(C)c(CNC(=O)C2(CN)CCCC2)s1. The van der Waals surface area contributed by atoms with E-state index < -0.39 is 0 Å². The van der Waals surface area contributed by atoms with Crippen molar-refractivity contribution < 1.29 is 4.79 Å². The summed E-state index contributed by atoms with van der Waals surface area (Å²) in [6.45, 7) is 5.01. The predicted octanol–water partition coefficient (Wildman–Crippen LogP) is 1.90. The molecule has 0 spiro atoms. The van der Waals surface area contributed by atoms with Crippen molar-refractivity contribution >= 4 is 17.2 Å². The molecule has 1 aromatic rings. The summed E-state index contributed by atoms with van der Waals surface area (Å²) in [5.74, 6) is 0.118. The Morgan fingerprint density at radius 3 is 2.61 bits per heavy atom. The highest BCUT2D eigenvalue weighted by atomic mass is 32.1. The average molecular weight is 267 g/mol. The van der Waals surface area contributed by atoms with Gasteiger partial charge in [0.05, 0.1) is 22.7 Å². The quantitative estimate of drug-likeness (QED) is 0.875. The molecule has 1 heterocycles. The molecule has 4 nitrogen and oxygen atoms in total. The van der Waals surface area contributed by atoms with Gasteiger partial charge >= 0.3 is 0 Å². The van der Waals surface area contributed by atoms with Crippen LogP contribution in [0.15, 0.2) is 0 Å². The highest BCUT2D eigenvalue weighted by molar-refractivity contribution is 7.11. The van der Waals surface area contributed by atoms with Crippen molar-refractivity contribution in [3.8, 4) is 0 Å². The van der Waals surface area contributed by atoms with Crippen LogP contribution in [0.4, 0.5) is 0 Å². The van der Waals surface area contributed by atoms with Crippen LogP contribution < -0.4 is 11.1 Å². The van der Waals surface area contributed by atoms with Gasteiger partial charge in [-0.2, -0.15) is 0 Å². The first-order chi connectivity index (χ1) is 8.57. The number of carbonyl (C=O) groups is 1. The van der Waals surface area contributed by atoms with E-state index in [1.54, 1.807) is 11.3 Å². The molecule has 1 aliphatic carbocycles. The number of aromatic nitrogens is 1. The average Bonchev–Trinajstić information content (AvgIpc) is 2.94. The normalized spacial score (nSPS) is 17.9. The van der Waals surface area contributed by atoms with Gasteiger partial charge in [0, 0.05) is 11.4 Å². The van der Waals surface area contributed by atoms with Crippen molar-refractivity contribution in [2.75, 3.05) is 6.54 Å². The molecule has 1 saturated carbocycles. The molecule has 0 bridgehead atoms. The molecule has 1 aromatic heterocycles. The number of thiazole rings is 1. The third-order valence-corrected chi connectivity index (χ3v) is 4.92. The van der Waals surface area contributed by atoms with Gasteiger partial charge in [0.15, 0.2) is 0 Å². The largest absolute Gasteiger partial charge is 0.351 e. The minimum absolute atomic E-state index is 0.118.